The first-order chi connectivity index (χ1) is 5.38. The van der Waals surface area contributed by atoms with Crippen LogP contribution in [0.25, 0.3) is 0 Å². The van der Waals surface area contributed by atoms with Crippen molar-refractivity contribution < 1.29 is 13.0 Å². The van der Waals surface area contributed by atoms with Crippen LogP contribution in [-0.4, -0.2) is 17.7 Å². The molecule has 0 aromatic heterocycles. The highest BCUT2D eigenvalue weighted by Crippen LogP contribution is 2.38. The summed E-state index contributed by atoms with van der Waals surface area (Å²) in [5, 5.41) is 0. The lowest BCUT2D eigenvalue weighted by Crippen LogP contribution is -2.43. The summed E-state index contributed by atoms with van der Waals surface area (Å²) in [6, 6.07) is 0. The summed E-state index contributed by atoms with van der Waals surface area (Å²) in [6.07, 6.45) is 3.47. The summed E-state index contributed by atoms with van der Waals surface area (Å²) in [4.78, 5) is 0. The van der Waals surface area contributed by atoms with Gasteiger partial charge in [-0.25, -0.2) is 0 Å². The van der Waals surface area contributed by atoms with Crippen molar-refractivity contribution in [3.05, 3.63) is 0 Å². The lowest BCUT2D eigenvalue weighted by molar-refractivity contribution is 0.276. The van der Waals surface area contributed by atoms with Gasteiger partial charge in [0.05, 0.1) is 4.75 Å². The second-order valence-corrected chi connectivity index (χ2v) is 5.82. The van der Waals surface area contributed by atoms with Crippen molar-refractivity contribution in [1.82, 2.24) is 0 Å². The van der Waals surface area contributed by atoms with E-state index in [1.807, 2.05) is 6.92 Å². The molecule has 0 heterocycles. The first-order valence-corrected chi connectivity index (χ1v) is 5.79. The molecule has 0 aromatic carbocycles. The van der Waals surface area contributed by atoms with Crippen LogP contribution in [0.2, 0.25) is 0 Å². The molecule has 2 unspecified atom stereocenters. The van der Waals surface area contributed by atoms with Gasteiger partial charge in [0.25, 0.3) is 10.1 Å². The molecule has 4 heteroatoms. The molecule has 1 saturated carbocycles. The van der Waals surface area contributed by atoms with Gasteiger partial charge in [0.2, 0.25) is 0 Å². The van der Waals surface area contributed by atoms with Crippen LogP contribution in [0.5, 0.6) is 0 Å². The van der Waals surface area contributed by atoms with E-state index >= 15 is 0 Å². The molecule has 1 rings (SSSR count). The van der Waals surface area contributed by atoms with Crippen LogP contribution >= 0.6 is 0 Å². The summed E-state index contributed by atoms with van der Waals surface area (Å²) in [7, 11) is -3.87. The van der Waals surface area contributed by atoms with Crippen molar-refractivity contribution in [2.75, 3.05) is 0 Å². The van der Waals surface area contributed by atoms with Crippen molar-refractivity contribution in [2.24, 2.45) is 5.92 Å². The van der Waals surface area contributed by atoms with E-state index in [1.165, 1.54) is 0 Å². The van der Waals surface area contributed by atoms with Crippen LogP contribution < -0.4 is 0 Å². The molecule has 0 aliphatic heterocycles. The monoisotopic (exact) mass is 192 g/mol. The highest BCUT2D eigenvalue weighted by atomic mass is 32.2. The molecule has 1 fully saturated rings. The van der Waals surface area contributed by atoms with E-state index in [4.69, 9.17) is 4.55 Å². The fourth-order valence-electron chi connectivity index (χ4n) is 1.86. The Morgan fingerprint density at radius 3 is 2.33 bits per heavy atom. The predicted molar refractivity (Wildman–Crippen MR) is 47.6 cm³/mol. The summed E-state index contributed by atoms with van der Waals surface area (Å²) >= 11 is 0. The Bertz CT molecular complexity index is 257. The lowest BCUT2D eigenvalue weighted by atomic mass is 9.81. The Morgan fingerprint density at radius 1 is 1.42 bits per heavy atom. The Balaban J connectivity index is 2.95. The van der Waals surface area contributed by atoms with Gasteiger partial charge in [-0.2, -0.15) is 8.42 Å². The first kappa shape index (κ1) is 9.99. The summed E-state index contributed by atoms with van der Waals surface area (Å²) in [5.41, 5.74) is 0. The number of hydrogen-bond donors (Lipinski definition) is 1. The number of rotatable bonds is 1. The van der Waals surface area contributed by atoms with Gasteiger partial charge in [0.1, 0.15) is 0 Å². The highest BCUT2D eigenvalue weighted by molar-refractivity contribution is 7.87. The van der Waals surface area contributed by atoms with Gasteiger partial charge < -0.3 is 0 Å². The van der Waals surface area contributed by atoms with Crippen molar-refractivity contribution in [3.63, 3.8) is 0 Å². The first-order valence-electron chi connectivity index (χ1n) is 4.35. The van der Waals surface area contributed by atoms with Crippen molar-refractivity contribution >= 4 is 10.1 Å². The van der Waals surface area contributed by atoms with Crippen LogP contribution in [-0.2, 0) is 10.1 Å². The Hall–Kier alpha value is -0.0900. The van der Waals surface area contributed by atoms with Crippen LogP contribution in [0.4, 0.5) is 0 Å². The summed E-state index contributed by atoms with van der Waals surface area (Å²) in [5.74, 6) is 0.0706. The Labute approximate surface area is 73.9 Å². The van der Waals surface area contributed by atoms with Gasteiger partial charge in [0, 0.05) is 0 Å². The van der Waals surface area contributed by atoms with E-state index < -0.39 is 14.9 Å². The van der Waals surface area contributed by atoms with E-state index in [1.54, 1.807) is 6.92 Å². The molecule has 0 aromatic rings. The maximum absolute atomic E-state index is 11.1. The minimum absolute atomic E-state index is 0.0706. The van der Waals surface area contributed by atoms with Gasteiger partial charge in [-0.1, -0.05) is 19.8 Å². The maximum atomic E-state index is 11.1. The van der Waals surface area contributed by atoms with Gasteiger partial charge >= 0.3 is 0 Å². The fourth-order valence-corrected chi connectivity index (χ4v) is 2.89. The Morgan fingerprint density at radius 2 is 2.00 bits per heavy atom. The van der Waals surface area contributed by atoms with Gasteiger partial charge in [-0.05, 0) is 25.7 Å². The van der Waals surface area contributed by atoms with E-state index in [9.17, 15) is 8.42 Å². The smallest absolute Gasteiger partial charge is 0.270 e. The zero-order valence-corrected chi connectivity index (χ0v) is 8.39. The van der Waals surface area contributed by atoms with Gasteiger partial charge in [0.15, 0.2) is 0 Å². The quantitative estimate of drug-likeness (QED) is 0.645. The standard InChI is InChI=1S/C8H16O3S/c1-7-5-3-4-6-8(7,2)12(9,10)11/h7H,3-6H2,1-2H3,(H,9,10,11). The molecule has 0 radical (unpaired) electrons. The second-order valence-electron chi connectivity index (χ2n) is 3.93. The maximum Gasteiger partial charge on any atom is 0.270 e. The average molecular weight is 192 g/mol. The Kier molecular flexibility index (Phi) is 2.50. The molecule has 1 aliphatic carbocycles. The third-order valence-electron chi connectivity index (χ3n) is 3.19. The molecule has 1 aliphatic rings. The highest BCUT2D eigenvalue weighted by Gasteiger charge is 2.44. The third-order valence-corrected chi connectivity index (χ3v) is 4.98. The van der Waals surface area contributed by atoms with Crippen LogP contribution in [0.15, 0.2) is 0 Å². The molecule has 1 N–H and O–H groups in total. The van der Waals surface area contributed by atoms with E-state index in [2.05, 4.69) is 0 Å². The minimum Gasteiger partial charge on any atom is -0.285 e. The van der Waals surface area contributed by atoms with Crippen LogP contribution in [0.1, 0.15) is 39.5 Å². The molecule has 12 heavy (non-hydrogen) atoms. The largest absolute Gasteiger partial charge is 0.285 e. The molecule has 0 bridgehead atoms. The molecule has 72 valence electrons. The van der Waals surface area contributed by atoms with Crippen LogP contribution in [0.3, 0.4) is 0 Å². The van der Waals surface area contributed by atoms with Crippen molar-refractivity contribution in [3.8, 4) is 0 Å². The van der Waals surface area contributed by atoms with Gasteiger partial charge in [-0.3, -0.25) is 4.55 Å². The molecule has 0 spiro atoms. The van der Waals surface area contributed by atoms with Crippen molar-refractivity contribution in [2.45, 2.75) is 44.3 Å². The SMILES string of the molecule is CC1CCCCC1(C)S(=O)(=O)O. The topological polar surface area (TPSA) is 54.4 Å². The second kappa shape index (κ2) is 3.00. The molecular weight excluding hydrogens is 176 g/mol. The fraction of sp³-hybridized carbons (Fsp3) is 1.00. The minimum atomic E-state index is -3.87. The third kappa shape index (κ3) is 1.50. The average Bonchev–Trinajstić information content (AvgIpc) is 1.93. The van der Waals surface area contributed by atoms with E-state index in [0.29, 0.717) is 6.42 Å². The lowest BCUT2D eigenvalue weighted by Gasteiger charge is -2.36. The summed E-state index contributed by atoms with van der Waals surface area (Å²) < 4.78 is 30.3. The predicted octanol–water partition coefficient (Wildman–Crippen LogP) is 1.84. The van der Waals surface area contributed by atoms with Crippen molar-refractivity contribution in [1.29, 1.82) is 0 Å². The van der Waals surface area contributed by atoms with E-state index in [-0.39, 0.29) is 5.92 Å². The molecule has 3 nitrogen and oxygen atoms in total. The molecule has 2 atom stereocenters. The zero-order chi connectivity index (χ0) is 9.41. The van der Waals surface area contributed by atoms with Gasteiger partial charge in [-0.15, -0.1) is 0 Å². The van der Waals surface area contributed by atoms with Crippen LogP contribution in [0, 0.1) is 5.92 Å². The normalized spacial score (nSPS) is 38.1. The van der Waals surface area contributed by atoms with E-state index in [0.717, 1.165) is 19.3 Å². The number of hydrogen-bond acceptors (Lipinski definition) is 2. The molecule has 0 saturated heterocycles. The zero-order valence-electron chi connectivity index (χ0n) is 7.58. The molecular formula is C8H16O3S. The summed E-state index contributed by atoms with van der Waals surface area (Å²) in [6.45, 7) is 3.54. The molecule has 0 amide bonds.